The van der Waals surface area contributed by atoms with Gasteiger partial charge in [0.1, 0.15) is 5.60 Å². The number of carbonyl (C=O) groups is 2. The van der Waals surface area contributed by atoms with Crippen LogP contribution in [-0.4, -0.2) is 31.3 Å². The normalized spacial score (nSPS) is 12.4. The smallest absolute Gasteiger partial charge is 0.407 e. The molecular formula is C16H23NO4. The molecule has 1 rings (SSSR count). The van der Waals surface area contributed by atoms with Crippen molar-refractivity contribution in [2.45, 2.75) is 38.7 Å². The summed E-state index contributed by atoms with van der Waals surface area (Å²) in [5.74, 6) is -0.457. The van der Waals surface area contributed by atoms with Gasteiger partial charge in [-0.25, -0.2) is 4.79 Å². The van der Waals surface area contributed by atoms with Gasteiger partial charge in [-0.1, -0.05) is 30.3 Å². The molecule has 0 spiro atoms. The van der Waals surface area contributed by atoms with Crippen LogP contribution >= 0.6 is 0 Å². The van der Waals surface area contributed by atoms with Crippen LogP contribution in [0, 0.1) is 0 Å². The minimum atomic E-state index is -0.547. The van der Waals surface area contributed by atoms with Crippen molar-refractivity contribution in [1.82, 2.24) is 5.32 Å². The number of methoxy groups -OCH3 is 1. The number of nitrogens with one attached hydrogen (secondary N) is 1. The average molecular weight is 293 g/mol. The molecule has 116 valence electrons. The molecule has 0 saturated carbocycles. The van der Waals surface area contributed by atoms with Crippen molar-refractivity contribution in [2.24, 2.45) is 0 Å². The van der Waals surface area contributed by atoms with Gasteiger partial charge in [-0.15, -0.1) is 0 Å². The second-order valence-corrected chi connectivity index (χ2v) is 5.77. The van der Waals surface area contributed by atoms with Crippen LogP contribution in [0.5, 0.6) is 0 Å². The zero-order valence-electron chi connectivity index (χ0n) is 13.0. The summed E-state index contributed by atoms with van der Waals surface area (Å²) in [6, 6.07) is 9.54. The van der Waals surface area contributed by atoms with Crippen molar-refractivity contribution < 1.29 is 19.1 Å². The lowest BCUT2D eigenvalue weighted by Crippen LogP contribution is -2.35. The number of esters is 1. The summed E-state index contributed by atoms with van der Waals surface area (Å²) < 4.78 is 9.90. The second kappa shape index (κ2) is 7.67. The van der Waals surface area contributed by atoms with E-state index >= 15 is 0 Å². The number of ether oxygens (including phenoxy) is 2. The summed E-state index contributed by atoms with van der Waals surface area (Å²) in [7, 11) is 1.35. The fourth-order valence-electron chi connectivity index (χ4n) is 1.84. The maximum absolute atomic E-state index is 11.7. The molecule has 1 N–H and O–H groups in total. The molecule has 0 heterocycles. The number of rotatable bonds is 5. The Balaban J connectivity index is 2.66. The SMILES string of the molecule is COC(=O)CC(CNC(=O)OC(C)(C)C)c1ccccc1. The minimum Gasteiger partial charge on any atom is -0.469 e. The number of alkyl carbamates (subject to hydrolysis) is 1. The molecule has 0 aliphatic carbocycles. The zero-order valence-corrected chi connectivity index (χ0v) is 13.0. The van der Waals surface area contributed by atoms with Crippen molar-refractivity contribution in [2.75, 3.05) is 13.7 Å². The van der Waals surface area contributed by atoms with Gasteiger partial charge in [-0.3, -0.25) is 4.79 Å². The first-order valence-electron chi connectivity index (χ1n) is 6.90. The molecule has 0 saturated heterocycles. The van der Waals surface area contributed by atoms with Gasteiger partial charge >= 0.3 is 12.1 Å². The predicted molar refractivity (Wildman–Crippen MR) is 80.1 cm³/mol. The summed E-state index contributed by atoms with van der Waals surface area (Å²) in [6.07, 6.45) is -0.288. The molecule has 0 aromatic heterocycles. The van der Waals surface area contributed by atoms with E-state index in [0.717, 1.165) is 5.56 Å². The fourth-order valence-corrected chi connectivity index (χ4v) is 1.84. The maximum atomic E-state index is 11.7. The van der Waals surface area contributed by atoms with Crippen molar-refractivity contribution >= 4 is 12.1 Å². The standard InChI is InChI=1S/C16H23NO4/c1-16(2,3)21-15(19)17-11-13(10-14(18)20-4)12-8-6-5-7-9-12/h5-9,13H,10-11H2,1-4H3,(H,17,19). The first-order valence-corrected chi connectivity index (χ1v) is 6.90. The lowest BCUT2D eigenvalue weighted by Gasteiger charge is -2.22. The van der Waals surface area contributed by atoms with E-state index in [9.17, 15) is 9.59 Å². The molecule has 0 fully saturated rings. The molecule has 1 aromatic carbocycles. The lowest BCUT2D eigenvalue weighted by atomic mass is 9.96. The summed E-state index contributed by atoms with van der Waals surface area (Å²) in [5, 5.41) is 2.70. The molecule has 1 amide bonds. The molecule has 5 nitrogen and oxygen atoms in total. The van der Waals surface area contributed by atoms with Gasteiger partial charge in [0.2, 0.25) is 0 Å². The van der Waals surface area contributed by atoms with Crippen LogP contribution in [0.2, 0.25) is 0 Å². The molecule has 21 heavy (non-hydrogen) atoms. The predicted octanol–water partition coefficient (Wildman–Crippen LogP) is 2.86. The summed E-state index contributed by atoms with van der Waals surface area (Å²) in [4.78, 5) is 23.2. The Morgan fingerprint density at radius 3 is 2.33 bits per heavy atom. The van der Waals surface area contributed by atoms with Crippen LogP contribution in [-0.2, 0) is 14.3 Å². The fraction of sp³-hybridized carbons (Fsp3) is 0.500. The molecule has 1 atom stereocenters. The highest BCUT2D eigenvalue weighted by Crippen LogP contribution is 2.19. The molecule has 1 unspecified atom stereocenters. The van der Waals surface area contributed by atoms with E-state index in [1.54, 1.807) is 20.8 Å². The molecular weight excluding hydrogens is 270 g/mol. The van der Waals surface area contributed by atoms with Crippen molar-refractivity contribution in [3.05, 3.63) is 35.9 Å². The van der Waals surface area contributed by atoms with E-state index in [2.05, 4.69) is 5.32 Å². The van der Waals surface area contributed by atoms with Gasteiger partial charge in [0, 0.05) is 12.5 Å². The molecule has 0 bridgehead atoms. The van der Waals surface area contributed by atoms with Gasteiger partial charge in [0.15, 0.2) is 0 Å². The van der Waals surface area contributed by atoms with Crippen LogP contribution in [0.4, 0.5) is 4.79 Å². The van der Waals surface area contributed by atoms with Gasteiger partial charge in [0.05, 0.1) is 13.5 Å². The number of hydrogen-bond donors (Lipinski definition) is 1. The summed E-state index contributed by atoms with van der Waals surface area (Å²) >= 11 is 0. The minimum absolute atomic E-state index is 0.147. The van der Waals surface area contributed by atoms with Gasteiger partial charge in [-0.05, 0) is 26.3 Å². The molecule has 0 radical (unpaired) electrons. The maximum Gasteiger partial charge on any atom is 0.407 e. The van der Waals surface area contributed by atoms with Crippen molar-refractivity contribution in [1.29, 1.82) is 0 Å². The van der Waals surface area contributed by atoms with Crippen LogP contribution in [0.3, 0.4) is 0 Å². The Morgan fingerprint density at radius 1 is 1.19 bits per heavy atom. The number of benzene rings is 1. The highest BCUT2D eigenvalue weighted by atomic mass is 16.6. The quantitative estimate of drug-likeness (QED) is 0.848. The molecule has 0 aliphatic rings. The Labute approximate surface area is 125 Å². The number of amides is 1. The molecule has 1 aromatic rings. The Kier molecular flexibility index (Phi) is 6.21. The first kappa shape index (κ1) is 17.0. The third-order valence-corrected chi connectivity index (χ3v) is 2.80. The second-order valence-electron chi connectivity index (χ2n) is 5.77. The third-order valence-electron chi connectivity index (χ3n) is 2.80. The van der Waals surface area contributed by atoms with Gasteiger partial charge in [-0.2, -0.15) is 0 Å². The van der Waals surface area contributed by atoms with E-state index in [-0.39, 0.29) is 18.3 Å². The first-order chi connectivity index (χ1) is 9.81. The van der Waals surface area contributed by atoms with E-state index in [1.807, 2.05) is 30.3 Å². The van der Waals surface area contributed by atoms with E-state index in [4.69, 9.17) is 9.47 Å². The Bertz CT molecular complexity index is 465. The van der Waals surface area contributed by atoms with Crippen LogP contribution < -0.4 is 5.32 Å². The van der Waals surface area contributed by atoms with Crippen LogP contribution in [0.25, 0.3) is 0 Å². The molecule has 5 heteroatoms. The third kappa shape index (κ3) is 6.79. The van der Waals surface area contributed by atoms with Crippen LogP contribution in [0.15, 0.2) is 30.3 Å². The highest BCUT2D eigenvalue weighted by molar-refractivity contribution is 5.71. The van der Waals surface area contributed by atoms with Crippen molar-refractivity contribution in [3.63, 3.8) is 0 Å². The Hall–Kier alpha value is -2.04. The van der Waals surface area contributed by atoms with E-state index < -0.39 is 11.7 Å². The topological polar surface area (TPSA) is 64.6 Å². The highest BCUT2D eigenvalue weighted by Gasteiger charge is 2.20. The molecule has 0 aliphatic heterocycles. The van der Waals surface area contributed by atoms with E-state index in [0.29, 0.717) is 6.54 Å². The summed E-state index contributed by atoms with van der Waals surface area (Å²) in [6.45, 7) is 5.72. The van der Waals surface area contributed by atoms with Gasteiger partial charge < -0.3 is 14.8 Å². The number of hydrogen-bond acceptors (Lipinski definition) is 4. The largest absolute Gasteiger partial charge is 0.469 e. The van der Waals surface area contributed by atoms with Gasteiger partial charge in [0.25, 0.3) is 0 Å². The number of carbonyl (C=O) groups excluding carboxylic acids is 2. The van der Waals surface area contributed by atoms with Crippen LogP contribution in [0.1, 0.15) is 38.7 Å². The average Bonchev–Trinajstić information content (AvgIpc) is 2.42. The zero-order chi connectivity index (χ0) is 15.9. The summed E-state index contributed by atoms with van der Waals surface area (Å²) in [5.41, 5.74) is 0.424. The van der Waals surface area contributed by atoms with E-state index in [1.165, 1.54) is 7.11 Å². The monoisotopic (exact) mass is 293 g/mol. The lowest BCUT2D eigenvalue weighted by molar-refractivity contribution is -0.141. The Morgan fingerprint density at radius 2 is 1.81 bits per heavy atom. The van der Waals surface area contributed by atoms with Crippen molar-refractivity contribution in [3.8, 4) is 0 Å².